The van der Waals surface area contributed by atoms with E-state index in [2.05, 4.69) is 0 Å². The summed E-state index contributed by atoms with van der Waals surface area (Å²) in [6.07, 6.45) is 9.37. The third-order valence-corrected chi connectivity index (χ3v) is 5.21. The molecule has 4 heteroatoms. The van der Waals surface area contributed by atoms with E-state index in [9.17, 15) is 0 Å². The summed E-state index contributed by atoms with van der Waals surface area (Å²) < 4.78 is 17.2. The molecular formula is C18H21NO3. The van der Waals surface area contributed by atoms with Gasteiger partial charge in [-0.2, -0.15) is 0 Å². The Morgan fingerprint density at radius 3 is 2.41 bits per heavy atom. The molecule has 0 spiro atoms. The summed E-state index contributed by atoms with van der Waals surface area (Å²) in [5.74, 6) is 0.746. The molecule has 2 aromatic heterocycles. The fourth-order valence-electron chi connectivity index (χ4n) is 4.12. The second-order valence-electron chi connectivity index (χ2n) is 6.28. The Kier molecular flexibility index (Phi) is 3.15. The number of rotatable bonds is 3. The quantitative estimate of drug-likeness (QED) is 0.781. The fraction of sp³-hybridized carbons (Fsp3) is 0.444. The second kappa shape index (κ2) is 5.06. The van der Waals surface area contributed by atoms with Gasteiger partial charge < -0.3 is 19.3 Å². The second-order valence-corrected chi connectivity index (χ2v) is 6.28. The smallest absolute Gasteiger partial charge is 0.176 e. The first-order valence-corrected chi connectivity index (χ1v) is 7.95. The van der Waals surface area contributed by atoms with E-state index in [-0.39, 0.29) is 5.41 Å². The van der Waals surface area contributed by atoms with Crippen molar-refractivity contribution in [3.05, 3.63) is 30.2 Å². The summed E-state index contributed by atoms with van der Waals surface area (Å²) >= 11 is 0. The molecule has 0 atom stereocenters. The molecule has 1 aliphatic rings. The zero-order valence-corrected chi connectivity index (χ0v) is 12.9. The highest BCUT2D eigenvalue weighted by molar-refractivity contribution is 6.05. The first-order valence-electron chi connectivity index (χ1n) is 7.95. The number of fused-ring (bicyclic) bond motifs is 2. The molecule has 22 heavy (non-hydrogen) atoms. The lowest BCUT2D eigenvalue weighted by Gasteiger charge is -2.37. The number of furan rings is 2. The molecule has 1 aliphatic carbocycles. The standard InChI is InChI=1S/C18H21NO3/c1-20-16-13-6-10-21-15(13)14(12-5-9-22-17(12)16)18(11-19)7-3-2-4-8-18/h5-6,9-10H,2-4,7-8,11,19H2,1H3. The van der Waals surface area contributed by atoms with Gasteiger partial charge in [-0.1, -0.05) is 19.3 Å². The van der Waals surface area contributed by atoms with Crippen molar-refractivity contribution in [3.8, 4) is 5.75 Å². The van der Waals surface area contributed by atoms with Crippen LogP contribution in [-0.4, -0.2) is 13.7 Å². The summed E-state index contributed by atoms with van der Waals surface area (Å²) in [7, 11) is 1.67. The molecule has 4 rings (SSSR count). The predicted molar refractivity (Wildman–Crippen MR) is 86.4 cm³/mol. The molecule has 1 aromatic carbocycles. The highest BCUT2D eigenvalue weighted by Crippen LogP contribution is 2.48. The van der Waals surface area contributed by atoms with E-state index in [1.807, 2.05) is 12.1 Å². The molecule has 2 heterocycles. The van der Waals surface area contributed by atoms with E-state index in [1.165, 1.54) is 24.8 Å². The van der Waals surface area contributed by atoms with Crippen LogP contribution >= 0.6 is 0 Å². The molecule has 2 N–H and O–H groups in total. The summed E-state index contributed by atoms with van der Waals surface area (Å²) in [4.78, 5) is 0. The monoisotopic (exact) mass is 299 g/mol. The van der Waals surface area contributed by atoms with Crippen LogP contribution in [0.2, 0.25) is 0 Å². The zero-order chi connectivity index (χ0) is 15.2. The zero-order valence-electron chi connectivity index (χ0n) is 12.9. The van der Waals surface area contributed by atoms with Crippen molar-refractivity contribution in [1.82, 2.24) is 0 Å². The highest BCUT2D eigenvalue weighted by atomic mass is 16.5. The minimum Gasteiger partial charge on any atom is -0.492 e. The molecule has 0 unspecified atom stereocenters. The third-order valence-electron chi connectivity index (χ3n) is 5.21. The lowest BCUT2D eigenvalue weighted by atomic mass is 9.68. The minimum atomic E-state index is -0.0251. The number of nitrogens with two attached hydrogens (primary N) is 1. The van der Waals surface area contributed by atoms with Gasteiger partial charge in [0.1, 0.15) is 5.58 Å². The Morgan fingerprint density at radius 2 is 1.73 bits per heavy atom. The number of benzene rings is 1. The predicted octanol–water partition coefficient (Wildman–Crippen LogP) is 4.35. The maximum atomic E-state index is 6.26. The number of methoxy groups -OCH3 is 1. The van der Waals surface area contributed by atoms with Gasteiger partial charge in [-0.3, -0.25) is 0 Å². The van der Waals surface area contributed by atoms with Crippen molar-refractivity contribution in [2.45, 2.75) is 37.5 Å². The number of hydrogen-bond donors (Lipinski definition) is 1. The molecule has 116 valence electrons. The van der Waals surface area contributed by atoms with E-state index in [1.54, 1.807) is 19.6 Å². The Balaban J connectivity index is 2.10. The van der Waals surface area contributed by atoms with Crippen LogP contribution in [0.25, 0.3) is 21.9 Å². The molecule has 0 bridgehead atoms. The summed E-state index contributed by atoms with van der Waals surface area (Å²) in [5.41, 5.74) is 9.14. The molecule has 0 amide bonds. The van der Waals surface area contributed by atoms with Crippen LogP contribution in [-0.2, 0) is 5.41 Å². The average molecular weight is 299 g/mol. The molecular weight excluding hydrogens is 278 g/mol. The van der Waals surface area contributed by atoms with Crippen molar-refractivity contribution >= 4 is 21.9 Å². The van der Waals surface area contributed by atoms with Gasteiger partial charge in [-0.15, -0.1) is 0 Å². The largest absolute Gasteiger partial charge is 0.492 e. The fourth-order valence-corrected chi connectivity index (χ4v) is 4.12. The van der Waals surface area contributed by atoms with E-state index < -0.39 is 0 Å². The first kappa shape index (κ1) is 13.7. The molecule has 3 aromatic rings. The van der Waals surface area contributed by atoms with Crippen LogP contribution in [0.5, 0.6) is 5.75 Å². The Bertz CT molecular complexity index is 757. The van der Waals surface area contributed by atoms with Gasteiger partial charge in [0.25, 0.3) is 0 Å². The highest BCUT2D eigenvalue weighted by Gasteiger charge is 2.38. The summed E-state index contributed by atoms with van der Waals surface area (Å²) in [6, 6.07) is 3.97. The van der Waals surface area contributed by atoms with Crippen molar-refractivity contribution in [2.75, 3.05) is 13.7 Å². The topological polar surface area (TPSA) is 61.5 Å². The van der Waals surface area contributed by atoms with Crippen molar-refractivity contribution in [3.63, 3.8) is 0 Å². The van der Waals surface area contributed by atoms with Gasteiger partial charge in [0.15, 0.2) is 11.3 Å². The molecule has 0 saturated heterocycles. The van der Waals surface area contributed by atoms with E-state index >= 15 is 0 Å². The molecule has 0 aliphatic heterocycles. The SMILES string of the molecule is COc1c2ccoc2c(C2(CN)CCCCC2)c2ccoc12. The van der Waals surface area contributed by atoms with Crippen molar-refractivity contribution in [2.24, 2.45) is 5.73 Å². The summed E-state index contributed by atoms with van der Waals surface area (Å²) in [5, 5.41) is 2.05. The van der Waals surface area contributed by atoms with Crippen LogP contribution < -0.4 is 10.5 Å². The van der Waals surface area contributed by atoms with Crippen LogP contribution in [0.15, 0.2) is 33.5 Å². The van der Waals surface area contributed by atoms with Crippen molar-refractivity contribution in [1.29, 1.82) is 0 Å². The van der Waals surface area contributed by atoms with Crippen molar-refractivity contribution < 1.29 is 13.6 Å². The normalized spacial score (nSPS) is 18.1. The van der Waals surface area contributed by atoms with Gasteiger partial charge in [0.05, 0.1) is 25.0 Å². The number of ether oxygens (including phenoxy) is 1. The molecule has 1 fully saturated rings. The van der Waals surface area contributed by atoms with Gasteiger partial charge >= 0.3 is 0 Å². The third kappa shape index (κ3) is 1.73. The number of hydrogen-bond acceptors (Lipinski definition) is 4. The van der Waals surface area contributed by atoms with Gasteiger partial charge in [-0.25, -0.2) is 0 Å². The van der Waals surface area contributed by atoms with E-state index in [4.69, 9.17) is 19.3 Å². The molecule has 1 saturated carbocycles. The first-order chi connectivity index (χ1) is 10.8. The molecule has 4 nitrogen and oxygen atoms in total. The minimum absolute atomic E-state index is 0.0251. The van der Waals surface area contributed by atoms with E-state index in [0.717, 1.165) is 40.5 Å². The lowest BCUT2D eigenvalue weighted by Crippen LogP contribution is -2.37. The van der Waals surface area contributed by atoms with Crippen LogP contribution in [0.4, 0.5) is 0 Å². The van der Waals surface area contributed by atoms with Gasteiger partial charge in [0.2, 0.25) is 0 Å². The molecule has 0 radical (unpaired) electrons. The maximum Gasteiger partial charge on any atom is 0.176 e. The Labute approximate surface area is 129 Å². The van der Waals surface area contributed by atoms with Crippen LogP contribution in [0.1, 0.15) is 37.7 Å². The van der Waals surface area contributed by atoms with Crippen LogP contribution in [0.3, 0.4) is 0 Å². The van der Waals surface area contributed by atoms with Crippen LogP contribution in [0, 0.1) is 0 Å². The Hall–Kier alpha value is -1.94. The van der Waals surface area contributed by atoms with Gasteiger partial charge in [0, 0.05) is 22.9 Å². The lowest BCUT2D eigenvalue weighted by molar-refractivity contribution is 0.302. The van der Waals surface area contributed by atoms with Gasteiger partial charge in [-0.05, 0) is 25.0 Å². The summed E-state index contributed by atoms with van der Waals surface area (Å²) in [6.45, 7) is 0.634. The van der Waals surface area contributed by atoms with E-state index in [0.29, 0.717) is 6.54 Å². The maximum absolute atomic E-state index is 6.26. The Morgan fingerprint density at radius 1 is 1.05 bits per heavy atom. The average Bonchev–Trinajstić information content (AvgIpc) is 3.22.